The van der Waals surface area contributed by atoms with E-state index in [1.54, 1.807) is 20.8 Å². The molecule has 19 heavy (non-hydrogen) atoms. The van der Waals surface area contributed by atoms with Gasteiger partial charge in [-0.2, -0.15) is 0 Å². The van der Waals surface area contributed by atoms with Crippen LogP contribution in [0.25, 0.3) is 6.08 Å². The summed E-state index contributed by atoms with van der Waals surface area (Å²) in [5.74, 6) is -0.376. The predicted octanol–water partition coefficient (Wildman–Crippen LogP) is 2.28. The molecule has 0 aromatic heterocycles. The van der Waals surface area contributed by atoms with E-state index in [2.05, 4.69) is 0 Å². The Balaban J connectivity index is 2.86. The van der Waals surface area contributed by atoms with Gasteiger partial charge < -0.3 is 14.6 Å². The standard InChI is InChI=1S/C14H16O5/c1-14(2,3)19-13(17)7-5-10-4-6-11(16)8-12(10)18-9-15/h4-9,16H,1-3H3. The minimum atomic E-state index is -0.571. The Bertz CT molecular complexity index is 497. The van der Waals surface area contributed by atoms with Crippen LogP contribution in [0.3, 0.4) is 0 Å². The molecular formula is C14H16O5. The predicted molar refractivity (Wildman–Crippen MR) is 69.7 cm³/mol. The van der Waals surface area contributed by atoms with Crippen molar-refractivity contribution < 1.29 is 24.2 Å². The lowest BCUT2D eigenvalue weighted by Crippen LogP contribution is -2.22. The Morgan fingerprint density at radius 1 is 1.32 bits per heavy atom. The number of esters is 1. The molecule has 0 fully saturated rings. The number of rotatable bonds is 4. The summed E-state index contributed by atoms with van der Waals surface area (Å²) in [6, 6.07) is 4.23. The summed E-state index contributed by atoms with van der Waals surface area (Å²) in [6.45, 7) is 5.54. The molecule has 0 saturated heterocycles. The van der Waals surface area contributed by atoms with Crippen LogP contribution in [-0.4, -0.2) is 23.1 Å². The van der Waals surface area contributed by atoms with Crippen molar-refractivity contribution in [1.82, 2.24) is 0 Å². The van der Waals surface area contributed by atoms with Crippen LogP contribution >= 0.6 is 0 Å². The zero-order valence-electron chi connectivity index (χ0n) is 11.0. The molecule has 0 unspecified atom stereocenters. The van der Waals surface area contributed by atoms with Crippen molar-refractivity contribution in [2.45, 2.75) is 26.4 Å². The number of ether oxygens (including phenoxy) is 2. The van der Waals surface area contributed by atoms with Gasteiger partial charge in [-0.15, -0.1) is 0 Å². The lowest BCUT2D eigenvalue weighted by molar-refractivity contribution is -0.148. The van der Waals surface area contributed by atoms with Gasteiger partial charge in [0, 0.05) is 17.7 Å². The maximum absolute atomic E-state index is 11.5. The fraction of sp³-hybridized carbons (Fsp3) is 0.286. The summed E-state index contributed by atoms with van der Waals surface area (Å²) >= 11 is 0. The van der Waals surface area contributed by atoms with Gasteiger partial charge in [-0.05, 0) is 39.0 Å². The fourth-order valence-corrected chi connectivity index (χ4v) is 1.31. The average Bonchev–Trinajstić information content (AvgIpc) is 2.26. The molecule has 0 aliphatic carbocycles. The van der Waals surface area contributed by atoms with Crippen LogP contribution in [0.4, 0.5) is 0 Å². The van der Waals surface area contributed by atoms with Gasteiger partial charge in [-0.1, -0.05) is 0 Å². The number of phenols is 1. The molecule has 1 N–H and O–H groups in total. The maximum atomic E-state index is 11.5. The monoisotopic (exact) mass is 264 g/mol. The normalized spacial score (nSPS) is 11.3. The van der Waals surface area contributed by atoms with Crippen LogP contribution in [0.15, 0.2) is 24.3 Å². The van der Waals surface area contributed by atoms with E-state index in [4.69, 9.17) is 9.47 Å². The van der Waals surface area contributed by atoms with Crippen LogP contribution in [0.5, 0.6) is 11.5 Å². The molecule has 0 heterocycles. The summed E-state index contributed by atoms with van der Waals surface area (Å²) < 4.78 is 9.80. The van der Waals surface area contributed by atoms with E-state index in [9.17, 15) is 14.7 Å². The van der Waals surface area contributed by atoms with Crippen molar-refractivity contribution in [2.24, 2.45) is 0 Å². The Morgan fingerprint density at radius 3 is 2.58 bits per heavy atom. The first-order valence-corrected chi connectivity index (χ1v) is 5.66. The molecule has 0 saturated carbocycles. The highest BCUT2D eigenvalue weighted by molar-refractivity contribution is 5.88. The lowest BCUT2D eigenvalue weighted by atomic mass is 10.1. The number of aromatic hydroxyl groups is 1. The molecule has 1 aromatic rings. The summed E-state index contributed by atoms with van der Waals surface area (Å²) in [4.78, 5) is 21.8. The molecule has 0 amide bonds. The number of phenolic OH excluding ortho intramolecular Hbond substituents is 1. The van der Waals surface area contributed by atoms with Crippen molar-refractivity contribution in [3.63, 3.8) is 0 Å². The first kappa shape index (κ1) is 14.8. The summed E-state index contributed by atoms with van der Waals surface area (Å²) in [7, 11) is 0. The van der Waals surface area contributed by atoms with Gasteiger partial charge in [0.05, 0.1) is 0 Å². The smallest absolute Gasteiger partial charge is 0.331 e. The zero-order chi connectivity index (χ0) is 14.5. The third-order valence-electron chi connectivity index (χ3n) is 1.98. The van der Waals surface area contributed by atoms with E-state index in [0.29, 0.717) is 5.56 Å². The minimum Gasteiger partial charge on any atom is -0.508 e. The number of carbonyl (C=O) groups is 2. The van der Waals surface area contributed by atoms with E-state index < -0.39 is 11.6 Å². The number of benzene rings is 1. The minimum absolute atomic E-state index is 0.0359. The second-order valence-corrected chi connectivity index (χ2v) is 4.80. The second-order valence-electron chi connectivity index (χ2n) is 4.80. The van der Waals surface area contributed by atoms with Crippen LogP contribution < -0.4 is 4.74 Å². The molecule has 0 aliphatic rings. The second kappa shape index (κ2) is 6.04. The molecule has 0 radical (unpaired) electrons. The Kier molecular flexibility index (Phi) is 4.69. The first-order chi connectivity index (χ1) is 8.81. The quantitative estimate of drug-likeness (QED) is 0.513. The van der Waals surface area contributed by atoms with Crippen LogP contribution in [0.1, 0.15) is 26.3 Å². The highest BCUT2D eigenvalue weighted by Gasteiger charge is 2.14. The molecule has 0 atom stereocenters. The topological polar surface area (TPSA) is 72.8 Å². The average molecular weight is 264 g/mol. The fourth-order valence-electron chi connectivity index (χ4n) is 1.31. The molecule has 0 bridgehead atoms. The molecule has 1 rings (SSSR count). The third-order valence-corrected chi connectivity index (χ3v) is 1.98. The van der Waals surface area contributed by atoms with Gasteiger partial charge in [0.1, 0.15) is 17.1 Å². The van der Waals surface area contributed by atoms with E-state index in [1.165, 1.54) is 30.4 Å². The summed E-state index contributed by atoms with van der Waals surface area (Å²) in [5, 5.41) is 9.28. The molecule has 5 nitrogen and oxygen atoms in total. The first-order valence-electron chi connectivity index (χ1n) is 5.66. The lowest BCUT2D eigenvalue weighted by Gasteiger charge is -2.17. The van der Waals surface area contributed by atoms with Gasteiger partial charge in [0.2, 0.25) is 0 Å². The van der Waals surface area contributed by atoms with Crippen molar-refractivity contribution >= 4 is 18.5 Å². The summed E-state index contributed by atoms with van der Waals surface area (Å²) in [6.07, 6.45) is 2.68. The number of hydrogen-bond donors (Lipinski definition) is 1. The van der Waals surface area contributed by atoms with Gasteiger partial charge in [-0.25, -0.2) is 4.79 Å². The van der Waals surface area contributed by atoms with Crippen molar-refractivity contribution in [1.29, 1.82) is 0 Å². The number of carbonyl (C=O) groups excluding carboxylic acids is 2. The molecule has 5 heteroatoms. The Morgan fingerprint density at radius 2 is 2.00 bits per heavy atom. The van der Waals surface area contributed by atoms with Crippen molar-refractivity contribution in [3.8, 4) is 11.5 Å². The largest absolute Gasteiger partial charge is 0.508 e. The van der Waals surface area contributed by atoms with Gasteiger partial charge in [0.15, 0.2) is 0 Å². The summed E-state index contributed by atoms with van der Waals surface area (Å²) in [5.41, 5.74) is -0.0887. The van der Waals surface area contributed by atoms with Crippen LogP contribution in [0.2, 0.25) is 0 Å². The van der Waals surface area contributed by atoms with Gasteiger partial charge in [0.25, 0.3) is 6.47 Å². The SMILES string of the molecule is CC(C)(C)OC(=O)C=Cc1ccc(O)cc1OC=O. The molecule has 0 spiro atoms. The highest BCUT2D eigenvalue weighted by Crippen LogP contribution is 2.25. The van der Waals surface area contributed by atoms with E-state index in [0.717, 1.165) is 0 Å². The number of hydrogen-bond acceptors (Lipinski definition) is 5. The third kappa shape index (κ3) is 5.25. The van der Waals surface area contributed by atoms with Gasteiger partial charge in [-0.3, -0.25) is 4.79 Å². The highest BCUT2D eigenvalue weighted by atomic mass is 16.6. The molecular weight excluding hydrogens is 248 g/mol. The van der Waals surface area contributed by atoms with E-state index in [1.807, 2.05) is 0 Å². The zero-order valence-corrected chi connectivity index (χ0v) is 11.0. The van der Waals surface area contributed by atoms with Crippen molar-refractivity contribution in [2.75, 3.05) is 0 Å². The molecule has 102 valence electrons. The van der Waals surface area contributed by atoms with Crippen LogP contribution in [0, 0.1) is 0 Å². The van der Waals surface area contributed by atoms with E-state index in [-0.39, 0.29) is 18.0 Å². The van der Waals surface area contributed by atoms with Crippen molar-refractivity contribution in [3.05, 3.63) is 29.8 Å². The van der Waals surface area contributed by atoms with Crippen LogP contribution in [-0.2, 0) is 14.3 Å². The molecule has 0 aliphatic heterocycles. The Labute approximate surface area is 111 Å². The maximum Gasteiger partial charge on any atom is 0.331 e. The Hall–Kier alpha value is -2.30. The van der Waals surface area contributed by atoms with Gasteiger partial charge >= 0.3 is 5.97 Å². The van der Waals surface area contributed by atoms with E-state index >= 15 is 0 Å². The molecule has 1 aromatic carbocycles.